The number of para-hydroxylation sites is 2. The molecular weight excluding hydrogens is 417 g/mol. The Labute approximate surface area is 175 Å². The highest BCUT2D eigenvalue weighted by Gasteiger charge is 2.38. The molecule has 0 radical (unpaired) electrons. The zero-order valence-corrected chi connectivity index (χ0v) is 16.7. The van der Waals surface area contributed by atoms with Crippen LogP contribution in [0.25, 0.3) is 16.9 Å². The van der Waals surface area contributed by atoms with Crippen molar-refractivity contribution < 1.29 is 37.0 Å². The van der Waals surface area contributed by atoms with Gasteiger partial charge in [0.15, 0.2) is 5.69 Å². The van der Waals surface area contributed by atoms with E-state index >= 15 is 0 Å². The molecule has 0 fully saturated rings. The largest absolute Gasteiger partial charge is 0.495 e. The van der Waals surface area contributed by atoms with Crippen LogP contribution >= 0.6 is 0 Å². The van der Waals surface area contributed by atoms with Crippen LogP contribution in [0.15, 0.2) is 48.5 Å². The van der Waals surface area contributed by atoms with Crippen LogP contribution in [0.2, 0.25) is 0 Å². The molecule has 0 aliphatic carbocycles. The van der Waals surface area contributed by atoms with Gasteiger partial charge in [0, 0.05) is 5.56 Å². The van der Waals surface area contributed by atoms with Crippen molar-refractivity contribution in [3.63, 3.8) is 0 Å². The van der Waals surface area contributed by atoms with Gasteiger partial charge in [-0.05, 0) is 24.3 Å². The van der Waals surface area contributed by atoms with Gasteiger partial charge in [-0.2, -0.15) is 18.3 Å². The average molecular weight is 434 g/mol. The first-order valence-electron chi connectivity index (χ1n) is 8.84. The minimum absolute atomic E-state index is 0.141. The minimum atomic E-state index is -4.72. The summed E-state index contributed by atoms with van der Waals surface area (Å²) in [5.74, 6) is -2.44. The minimum Gasteiger partial charge on any atom is -0.495 e. The number of carbonyl (C=O) groups is 2. The van der Waals surface area contributed by atoms with Crippen molar-refractivity contribution in [2.24, 2.45) is 0 Å². The number of nitrogens with zero attached hydrogens (tertiary/aromatic N) is 2. The van der Waals surface area contributed by atoms with Gasteiger partial charge in [-0.15, -0.1) is 0 Å². The fraction of sp³-hybridized carbons (Fsp3) is 0.190. The molecule has 3 rings (SSSR count). The molecule has 0 aliphatic rings. The van der Waals surface area contributed by atoms with Crippen molar-refractivity contribution in [1.82, 2.24) is 9.78 Å². The first kappa shape index (κ1) is 21.9. The van der Waals surface area contributed by atoms with Crippen molar-refractivity contribution in [3.8, 4) is 22.7 Å². The Hall–Kier alpha value is -3.82. The standard InChI is InChI=1S/C21H17F3N2O5/c1-29-18-13(10-7-11-14(18)21(22,23)24)16-15(19(27)30-2)17(20(28)31-3)26(25-16)12-8-5-4-6-9-12/h4-11H,1-3H3. The maximum Gasteiger partial charge on any atom is 0.419 e. The van der Waals surface area contributed by atoms with E-state index in [1.807, 2.05) is 0 Å². The van der Waals surface area contributed by atoms with E-state index in [1.165, 1.54) is 6.07 Å². The van der Waals surface area contributed by atoms with Gasteiger partial charge >= 0.3 is 18.1 Å². The molecule has 0 atom stereocenters. The van der Waals surface area contributed by atoms with E-state index in [4.69, 9.17) is 14.2 Å². The van der Waals surface area contributed by atoms with E-state index < -0.39 is 29.4 Å². The molecule has 7 nitrogen and oxygen atoms in total. The summed E-state index contributed by atoms with van der Waals surface area (Å²) in [5, 5.41) is 4.29. The van der Waals surface area contributed by atoms with Gasteiger partial charge < -0.3 is 14.2 Å². The summed E-state index contributed by atoms with van der Waals surface area (Å²) in [7, 11) is 3.26. The zero-order valence-electron chi connectivity index (χ0n) is 16.7. The van der Waals surface area contributed by atoms with Crippen molar-refractivity contribution in [2.75, 3.05) is 21.3 Å². The number of hydrogen-bond donors (Lipinski definition) is 0. The van der Waals surface area contributed by atoms with Crippen LogP contribution in [0, 0.1) is 0 Å². The number of carbonyl (C=O) groups excluding carboxylic acids is 2. The molecule has 10 heteroatoms. The second-order valence-corrected chi connectivity index (χ2v) is 6.19. The highest BCUT2D eigenvalue weighted by molar-refractivity contribution is 6.07. The first-order valence-corrected chi connectivity index (χ1v) is 8.84. The average Bonchev–Trinajstić information content (AvgIpc) is 3.17. The number of halogens is 3. The van der Waals surface area contributed by atoms with Crippen LogP contribution < -0.4 is 4.74 Å². The molecule has 0 amide bonds. The third kappa shape index (κ3) is 3.96. The molecule has 1 heterocycles. The summed E-state index contributed by atoms with van der Waals surface area (Å²) in [5.41, 5.74) is -1.69. The fourth-order valence-corrected chi connectivity index (χ4v) is 3.11. The lowest BCUT2D eigenvalue weighted by atomic mass is 10.0. The molecule has 0 N–H and O–H groups in total. The predicted octanol–water partition coefficient (Wildman–Crippen LogP) is 4.14. The molecular formula is C21H17F3N2O5. The van der Waals surface area contributed by atoms with Gasteiger partial charge in [-0.1, -0.05) is 24.3 Å². The summed E-state index contributed by atoms with van der Waals surface area (Å²) in [6.45, 7) is 0. The smallest absolute Gasteiger partial charge is 0.419 e. The van der Waals surface area contributed by atoms with Crippen molar-refractivity contribution in [2.45, 2.75) is 6.18 Å². The van der Waals surface area contributed by atoms with Gasteiger partial charge in [0.1, 0.15) is 17.0 Å². The van der Waals surface area contributed by atoms with Crippen molar-refractivity contribution in [1.29, 1.82) is 0 Å². The molecule has 0 saturated carbocycles. The van der Waals surface area contributed by atoms with Crippen LogP contribution in [0.5, 0.6) is 5.75 Å². The number of methoxy groups -OCH3 is 3. The predicted molar refractivity (Wildman–Crippen MR) is 103 cm³/mol. The SMILES string of the molecule is COC(=O)c1c(-c2cccc(C(F)(F)F)c2OC)nn(-c2ccccc2)c1C(=O)OC. The van der Waals surface area contributed by atoms with E-state index in [1.54, 1.807) is 30.3 Å². The number of rotatable bonds is 5. The van der Waals surface area contributed by atoms with Gasteiger partial charge in [0.05, 0.1) is 32.6 Å². The molecule has 162 valence electrons. The number of alkyl halides is 3. The Morgan fingerprint density at radius 3 is 2.10 bits per heavy atom. The van der Waals surface area contributed by atoms with Gasteiger partial charge in [0.25, 0.3) is 0 Å². The number of hydrogen-bond acceptors (Lipinski definition) is 6. The highest BCUT2D eigenvalue weighted by atomic mass is 19.4. The zero-order chi connectivity index (χ0) is 22.8. The number of esters is 2. The van der Waals surface area contributed by atoms with E-state index in [-0.39, 0.29) is 22.5 Å². The first-order chi connectivity index (χ1) is 14.7. The third-order valence-electron chi connectivity index (χ3n) is 4.43. The molecule has 0 unspecified atom stereocenters. The molecule has 0 saturated heterocycles. The quantitative estimate of drug-likeness (QED) is 0.562. The Morgan fingerprint density at radius 1 is 0.903 bits per heavy atom. The fourth-order valence-electron chi connectivity index (χ4n) is 3.11. The van der Waals surface area contributed by atoms with Gasteiger partial charge in [0.2, 0.25) is 0 Å². The maximum absolute atomic E-state index is 13.5. The van der Waals surface area contributed by atoms with E-state index in [0.29, 0.717) is 5.69 Å². The van der Waals surface area contributed by atoms with E-state index in [0.717, 1.165) is 38.1 Å². The van der Waals surface area contributed by atoms with Crippen LogP contribution in [-0.4, -0.2) is 43.0 Å². The van der Waals surface area contributed by atoms with Gasteiger partial charge in [-0.3, -0.25) is 0 Å². The lowest BCUT2D eigenvalue weighted by molar-refractivity contribution is -0.138. The molecule has 0 spiro atoms. The molecule has 0 bridgehead atoms. The third-order valence-corrected chi connectivity index (χ3v) is 4.43. The van der Waals surface area contributed by atoms with Crippen LogP contribution in [0.4, 0.5) is 13.2 Å². The normalized spacial score (nSPS) is 11.2. The summed E-state index contributed by atoms with van der Waals surface area (Å²) < 4.78 is 56.3. The monoisotopic (exact) mass is 434 g/mol. The second kappa shape index (κ2) is 8.50. The molecule has 0 aliphatic heterocycles. The second-order valence-electron chi connectivity index (χ2n) is 6.19. The topological polar surface area (TPSA) is 79.7 Å². The Kier molecular flexibility index (Phi) is 6.00. The Morgan fingerprint density at radius 2 is 1.55 bits per heavy atom. The van der Waals surface area contributed by atoms with Crippen LogP contribution in [0.3, 0.4) is 0 Å². The molecule has 31 heavy (non-hydrogen) atoms. The number of aromatic nitrogens is 2. The maximum atomic E-state index is 13.5. The summed E-state index contributed by atoms with van der Waals surface area (Å²) in [6.07, 6.45) is -4.72. The van der Waals surface area contributed by atoms with Crippen LogP contribution in [0.1, 0.15) is 26.4 Å². The van der Waals surface area contributed by atoms with Crippen LogP contribution in [-0.2, 0) is 15.7 Å². The highest BCUT2D eigenvalue weighted by Crippen LogP contribution is 2.43. The molecule has 2 aromatic carbocycles. The lowest BCUT2D eigenvalue weighted by Crippen LogP contribution is -2.15. The lowest BCUT2D eigenvalue weighted by Gasteiger charge is -2.15. The van der Waals surface area contributed by atoms with E-state index in [2.05, 4.69) is 5.10 Å². The van der Waals surface area contributed by atoms with Gasteiger partial charge in [-0.25, -0.2) is 14.3 Å². The van der Waals surface area contributed by atoms with Crippen molar-refractivity contribution in [3.05, 3.63) is 65.4 Å². The Bertz CT molecular complexity index is 1120. The van der Waals surface area contributed by atoms with E-state index in [9.17, 15) is 22.8 Å². The Balaban J connectivity index is 2.43. The summed E-state index contributed by atoms with van der Waals surface area (Å²) in [4.78, 5) is 25.2. The molecule has 3 aromatic rings. The molecule has 1 aromatic heterocycles. The van der Waals surface area contributed by atoms with Crippen molar-refractivity contribution >= 4 is 11.9 Å². The summed E-state index contributed by atoms with van der Waals surface area (Å²) >= 11 is 0. The number of ether oxygens (including phenoxy) is 3. The summed E-state index contributed by atoms with van der Waals surface area (Å²) in [6, 6.07) is 11.6. The number of benzene rings is 2.